The van der Waals surface area contributed by atoms with Gasteiger partial charge < -0.3 is 19.1 Å². The van der Waals surface area contributed by atoms with E-state index in [1.807, 2.05) is 0 Å². The van der Waals surface area contributed by atoms with E-state index in [1.54, 1.807) is 0 Å². The Kier molecular flexibility index (Phi) is 9.66. The second-order valence-electron chi connectivity index (χ2n) is 8.01. The van der Waals surface area contributed by atoms with Gasteiger partial charge in [0.25, 0.3) is 20.3 Å². The van der Waals surface area contributed by atoms with E-state index in [-0.39, 0.29) is 31.8 Å². The fourth-order valence-corrected chi connectivity index (χ4v) is 3.89. The third-order valence-corrected chi connectivity index (χ3v) is 5.94. The van der Waals surface area contributed by atoms with Gasteiger partial charge in [-0.3, -0.25) is 14.1 Å². The Morgan fingerprint density at radius 2 is 1.12 bits per heavy atom. The molecular weight excluding hydrogens is 556 g/mol. The Bertz CT molecular complexity index is 1500. The van der Waals surface area contributed by atoms with Crippen molar-refractivity contribution in [1.82, 2.24) is 0 Å². The summed E-state index contributed by atoms with van der Waals surface area (Å²) >= 11 is 0. The molecule has 0 heterocycles. The fraction of sp³-hybridized carbons (Fsp3) is 0.167. The summed E-state index contributed by atoms with van der Waals surface area (Å²) in [6.45, 7) is -0.541. The molecule has 40 heavy (non-hydrogen) atoms. The molecule has 210 valence electrons. The van der Waals surface area contributed by atoms with E-state index < -0.39 is 42.9 Å². The van der Waals surface area contributed by atoms with Crippen molar-refractivity contribution in [2.75, 3.05) is 0 Å². The van der Waals surface area contributed by atoms with E-state index in [0.717, 1.165) is 18.2 Å². The fourth-order valence-electron chi connectivity index (χ4n) is 3.26. The number of rotatable bonds is 13. The lowest BCUT2D eigenvalue weighted by molar-refractivity contribution is -0.763. The van der Waals surface area contributed by atoms with Crippen LogP contribution in [0.5, 0.6) is 11.5 Å². The molecule has 3 aromatic carbocycles. The van der Waals surface area contributed by atoms with E-state index in [2.05, 4.69) is 9.68 Å². The SMILES string of the molecule is O=C(Cc1ccc(CO[N+](=O)[O-])cc1)Oc1ccc(OC(=O)Cc2ccc(CO[N+](=O)[O-])cc2)c(S(=O)(=O)O)c1. The lowest BCUT2D eigenvalue weighted by Gasteiger charge is -2.11. The van der Waals surface area contributed by atoms with Crippen LogP contribution in [0.15, 0.2) is 71.6 Å². The van der Waals surface area contributed by atoms with Crippen LogP contribution >= 0.6 is 0 Å². The Labute approximate surface area is 225 Å². The van der Waals surface area contributed by atoms with Gasteiger partial charge in [0.05, 0.1) is 12.8 Å². The Hall–Kier alpha value is -5.09. The second kappa shape index (κ2) is 13.1. The number of ether oxygens (including phenoxy) is 2. The smallest absolute Gasteiger partial charge is 0.315 e. The van der Waals surface area contributed by atoms with Crippen molar-refractivity contribution in [1.29, 1.82) is 0 Å². The molecule has 0 spiro atoms. The minimum atomic E-state index is -4.90. The molecule has 0 amide bonds. The summed E-state index contributed by atoms with van der Waals surface area (Å²) in [5.41, 5.74) is 1.92. The first-order chi connectivity index (χ1) is 18.9. The molecule has 1 N–H and O–H groups in total. The van der Waals surface area contributed by atoms with Crippen molar-refractivity contribution in [2.24, 2.45) is 0 Å². The maximum atomic E-state index is 12.4. The highest BCUT2D eigenvalue weighted by Gasteiger charge is 2.21. The highest BCUT2D eigenvalue weighted by Crippen LogP contribution is 2.29. The summed E-state index contributed by atoms with van der Waals surface area (Å²) in [4.78, 5) is 52.9. The van der Waals surface area contributed by atoms with Gasteiger partial charge in [0.1, 0.15) is 23.9 Å². The van der Waals surface area contributed by atoms with Gasteiger partial charge >= 0.3 is 11.9 Å². The van der Waals surface area contributed by atoms with Crippen LogP contribution in [-0.4, -0.2) is 35.1 Å². The number of carbonyl (C=O) groups is 2. The van der Waals surface area contributed by atoms with Gasteiger partial charge in [-0.15, -0.1) is 20.2 Å². The molecule has 0 saturated carbocycles. The lowest BCUT2D eigenvalue weighted by atomic mass is 10.1. The average Bonchev–Trinajstić information content (AvgIpc) is 2.88. The molecule has 0 aliphatic heterocycles. The molecular formula is C24H20N2O13S. The van der Waals surface area contributed by atoms with Crippen LogP contribution in [0.3, 0.4) is 0 Å². The molecule has 3 rings (SSSR count). The quantitative estimate of drug-likeness (QED) is 0.102. The predicted molar refractivity (Wildman–Crippen MR) is 131 cm³/mol. The largest absolute Gasteiger partial charge is 0.426 e. The summed E-state index contributed by atoms with van der Waals surface area (Å²) in [6, 6.07) is 15.1. The van der Waals surface area contributed by atoms with Crippen molar-refractivity contribution in [3.63, 3.8) is 0 Å². The molecule has 3 aromatic rings. The minimum absolute atomic E-state index is 0.231. The third-order valence-electron chi connectivity index (χ3n) is 5.06. The van der Waals surface area contributed by atoms with Crippen LogP contribution in [0.2, 0.25) is 0 Å². The molecule has 0 bridgehead atoms. The molecule has 16 heteroatoms. The molecule has 0 aliphatic carbocycles. The van der Waals surface area contributed by atoms with Gasteiger partial charge in [0.2, 0.25) is 0 Å². The van der Waals surface area contributed by atoms with Crippen molar-refractivity contribution in [2.45, 2.75) is 31.0 Å². The summed E-state index contributed by atoms with van der Waals surface area (Å²) in [5.74, 6) is -2.42. The highest BCUT2D eigenvalue weighted by molar-refractivity contribution is 7.86. The first-order valence-electron chi connectivity index (χ1n) is 11.1. The van der Waals surface area contributed by atoms with E-state index in [0.29, 0.717) is 22.3 Å². The summed E-state index contributed by atoms with van der Waals surface area (Å²) in [5, 5.41) is 18.7. The maximum Gasteiger partial charge on any atom is 0.315 e. The van der Waals surface area contributed by atoms with E-state index >= 15 is 0 Å². The predicted octanol–water partition coefficient (Wildman–Crippen LogP) is 2.65. The first-order valence-corrected chi connectivity index (χ1v) is 12.6. The molecule has 0 unspecified atom stereocenters. The van der Waals surface area contributed by atoms with E-state index in [4.69, 9.17) is 9.47 Å². The van der Waals surface area contributed by atoms with Crippen LogP contribution in [0.25, 0.3) is 0 Å². The third kappa shape index (κ3) is 9.34. The zero-order valence-corrected chi connectivity index (χ0v) is 21.1. The van der Waals surface area contributed by atoms with E-state index in [1.165, 1.54) is 48.5 Å². The summed E-state index contributed by atoms with van der Waals surface area (Å²) in [7, 11) is -4.90. The van der Waals surface area contributed by atoms with Crippen LogP contribution < -0.4 is 9.47 Å². The van der Waals surface area contributed by atoms with Gasteiger partial charge in [-0.05, 0) is 34.4 Å². The molecule has 0 fully saturated rings. The Morgan fingerprint density at radius 1 is 0.700 bits per heavy atom. The van der Waals surface area contributed by atoms with Gasteiger partial charge in [-0.25, -0.2) is 0 Å². The monoisotopic (exact) mass is 576 g/mol. The number of nitrogens with zero attached hydrogens (tertiary/aromatic N) is 2. The topological polar surface area (TPSA) is 212 Å². The van der Waals surface area contributed by atoms with Crippen LogP contribution in [-0.2, 0) is 55.4 Å². The number of esters is 2. The number of hydrogen-bond donors (Lipinski definition) is 1. The zero-order valence-electron chi connectivity index (χ0n) is 20.3. The maximum absolute atomic E-state index is 12.4. The van der Waals surface area contributed by atoms with Gasteiger partial charge in [0, 0.05) is 6.07 Å². The standard InChI is InChI=1S/C24H20N2O13S/c27-23(11-16-1-5-18(6-2-16)14-36-25(29)30)38-20-9-10-21(22(13-20)40(33,34)35)39-24(28)12-17-3-7-19(8-4-17)15-37-26(31)32/h1-10,13H,11-12,14-15H2,(H,33,34,35). The average molecular weight is 576 g/mol. The van der Waals surface area contributed by atoms with Crippen molar-refractivity contribution >= 4 is 22.1 Å². The summed E-state index contributed by atoms with van der Waals surface area (Å²) < 4.78 is 43.7. The lowest BCUT2D eigenvalue weighted by Crippen LogP contribution is -2.15. The number of benzene rings is 3. The molecule has 0 aromatic heterocycles. The van der Waals surface area contributed by atoms with Gasteiger partial charge in [0.15, 0.2) is 5.75 Å². The first kappa shape index (κ1) is 29.5. The summed E-state index contributed by atoms with van der Waals surface area (Å²) in [6.07, 6.45) is -0.528. The molecule has 0 saturated heterocycles. The van der Waals surface area contributed by atoms with Gasteiger partial charge in [-0.2, -0.15) is 8.42 Å². The molecule has 0 aliphatic rings. The van der Waals surface area contributed by atoms with Crippen LogP contribution in [0.1, 0.15) is 22.3 Å². The van der Waals surface area contributed by atoms with Crippen molar-refractivity contribution in [3.05, 3.63) is 109 Å². The molecule has 15 nitrogen and oxygen atoms in total. The Balaban J connectivity index is 1.63. The Morgan fingerprint density at radius 3 is 1.55 bits per heavy atom. The normalized spacial score (nSPS) is 10.8. The second-order valence-corrected chi connectivity index (χ2v) is 9.40. The molecule has 0 atom stereocenters. The number of hydrogen-bond acceptors (Lipinski definition) is 12. The molecule has 0 radical (unpaired) electrons. The van der Waals surface area contributed by atoms with E-state index in [9.17, 15) is 42.8 Å². The van der Waals surface area contributed by atoms with Crippen LogP contribution in [0.4, 0.5) is 0 Å². The van der Waals surface area contributed by atoms with Gasteiger partial charge in [-0.1, -0.05) is 48.5 Å². The number of carbonyl (C=O) groups excluding carboxylic acids is 2. The zero-order chi connectivity index (χ0) is 29.3. The highest BCUT2D eigenvalue weighted by atomic mass is 32.2. The van der Waals surface area contributed by atoms with Crippen molar-refractivity contribution < 1.29 is 51.9 Å². The van der Waals surface area contributed by atoms with Crippen molar-refractivity contribution in [3.8, 4) is 11.5 Å². The minimum Gasteiger partial charge on any atom is -0.426 e. The van der Waals surface area contributed by atoms with Crippen LogP contribution in [0, 0.1) is 20.2 Å².